The molecule has 0 aromatic carbocycles. The maximum atomic E-state index is 2.56. The minimum atomic E-state index is 0.488. The second kappa shape index (κ2) is 11.9. The van der Waals surface area contributed by atoms with Gasteiger partial charge in [0.25, 0.3) is 0 Å². The van der Waals surface area contributed by atoms with E-state index in [1.54, 1.807) is 64.2 Å². The number of hydrogen-bond donors (Lipinski definition) is 0. The minimum Gasteiger partial charge on any atom is -0.0625 e. The summed E-state index contributed by atoms with van der Waals surface area (Å²) in [6.07, 6.45) is 21.8. The van der Waals surface area contributed by atoms with Crippen LogP contribution in [0.15, 0.2) is 0 Å². The van der Waals surface area contributed by atoms with Gasteiger partial charge in [0.05, 0.1) is 0 Å². The topological polar surface area (TPSA) is 0 Å². The first kappa shape index (κ1) is 32.9. The molecule has 0 aromatic heterocycles. The van der Waals surface area contributed by atoms with Crippen LogP contribution in [0.2, 0.25) is 0 Å². The summed E-state index contributed by atoms with van der Waals surface area (Å²) in [6, 6.07) is 0. The lowest BCUT2D eigenvalue weighted by Crippen LogP contribution is -2.34. The molecule has 0 amide bonds. The molecule has 0 aliphatic heterocycles. The Morgan fingerprint density at radius 3 is 1.12 bits per heavy atom. The van der Waals surface area contributed by atoms with E-state index in [0.717, 1.165) is 88.8 Å². The Balaban J connectivity index is 1.25. The lowest BCUT2D eigenvalue weighted by molar-refractivity contribution is 0.0687. The van der Waals surface area contributed by atoms with Crippen LogP contribution in [0.5, 0.6) is 0 Å². The zero-order valence-corrected chi connectivity index (χ0v) is 31.1. The maximum absolute atomic E-state index is 2.56. The molecule has 43 heavy (non-hydrogen) atoms. The average Bonchev–Trinajstić information content (AvgIpc) is 3.41. The third kappa shape index (κ3) is 6.33. The monoisotopic (exact) mass is 593 g/mol. The summed E-state index contributed by atoms with van der Waals surface area (Å²) in [6.45, 7) is 28.1. The van der Waals surface area contributed by atoms with Gasteiger partial charge in [-0.2, -0.15) is 0 Å². The highest BCUT2D eigenvalue weighted by Gasteiger charge is 2.57. The fourth-order valence-corrected chi connectivity index (χ4v) is 13.9. The van der Waals surface area contributed by atoms with Gasteiger partial charge in [-0.25, -0.2) is 0 Å². The molecule has 0 saturated heterocycles. The number of rotatable bonds is 4. The molecule has 6 aliphatic rings. The summed E-state index contributed by atoms with van der Waals surface area (Å²) in [4.78, 5) is 0. The molecule has 6 aliphatic carbocycles. The van der Waals surface area contributed by atoms with E-state index >= 15 is 0 Å². The molecule has 0 nitrogen and oxygen atoms in total. The average molecular weight is 593 g/mol. The predicted molar refractivity (Wildman–Crippen MR) is 187 cm³/mol. The van der Waals surface area contributed by atoms with E-state index in [1.165, 1.54) is 25.7 Å². The SMILES string of the molecule is CC(C)C1CCC2C(CCC3C4CC(C(C)(C)C)CCC4C4CCC(C(C)(C)C)CC43)C3CC(C(C)(C)C)CCC3C2C1. The van der Waals surface area contributed by atoms with E-state index in [-0.39, 0.29) is 0 Å². The molecule has 248 valence electrons. The van der Waals surface area contributed by atoms with Gasteiger partial charge in [0.2, 0.25) is 0 Å². The molecule has 0 heterocycles. The smallest absolute Gasteiger partial charge is 0.0349 e. The molecule has 13 unspecified atom stereocenters. The Morgan fingerprint density at radius 1 is 0.395 bits per heavy atom. The molecule has 6 fully saturated rings. The second-order valence-electron chi connectivity index (χ2n) is 21.7. The van der Waals surface area contributed by atoms with E-state index in [4.69, 9.17) is 0 Å². The van der Waals surface area contributed by atoms with E-state index in [1.807, 2.05) is 0 Å². The van der Waals surface area contributed by atoms with Crippen molar-refractivity contribution in [2.75, 3.05) is 0 Å². The van der Waals surface area contributed by atoms with Crippen molar-refractivity contribution in [2.45, 2.75) is 166 Å². The molecule has 0 aromatic rings. The summed E-state index contributed by atoms with van der Waals surface area (Å²) in [5.41, 5.74) is 1.47. The first-order valence-corrected chi connectivity index (χ1v) is 20.0. The Kier molecular flexibility index (Phi) is 9.12. The zero-order valence-electron chi connectivity index (χ0n) is 31.1. The maximum Gasteiger partial charge on any atom is -0.0349 e. The Hall–Kier alpha value is 0. The van der Waals surface area contributed by atoms with Crippen LogP contribution in [-0.4, -0.2) is 0 Å². The molecule has 13 atom stereocenters. The van der Waals surface area contributed by atoms with Gasteiger partial charge >= 0.3 is 0 Å². The van der Waals surface area contributed by atoms with Crippen LogP contribution in [0.4, 0.5) is 0 Å². The van der Waals surface area contributed by atoms with Crippen LogP contribution >= 0.6 is 0 Å². The molecule has 0 spiro atoms. The number of hydrogen-bond acceptors (Lipinski definition) is 0. The summed E-state index contributed by atoms with van der Waals surface area (Å²) in [7, 11) is 0. The van der Waals surface area contributed by atoms with Gasteiger partial charge in [0.15, 0.2) is 0 Å². The molecular formula is C43H76. The van der Waals surface area contributed by atoms with Crippen molar-refractivity contribution in [2.24, 2.45) is 105 Å². The largest absolute Gasteiger partial charge is 0.0625 e. The first-order chi connectivity index (χ1) is 20.0. The zero-order chi connectivity index (χ0) is 31.1. The van der Waals surface area contributed by atoms with Crippen molar-refractivity contribution in [1.82, 2.24) is 0 Å². The van der Waals surface area contributed by atoms with Gasteiger partial charge < -0.3 is 0 Å². The quantitative estimate of drug-likeness (QED) is 0.304. The van der Waals surface area contributed by atoms with Crippen LogP contribution in [0.3, 0.4) is 0 Å². The van der Waals surface area contributed by atoms with Gasteiger partial charge in [-0.05, 0) is 195 Å². The van der Waals surface area contributed by atoms with Crippen molar-refractivity contribution >= 4 is 0 Å². The van der Waals surface area contributed by atoms with Gasteiger partial charge in [-0.3, -0.25) is 0 Å². The van der Waals surface area contributed by atoms with Crippen LogP contribution in [0, 0.1) is 105 Å². The van der Waals surface area contributed by atoms with E-state index < -0.39 is 0 Å². The minimum absolute atomic E-state index is 0.488. The van der Waals surface area contributed by atoms with Gasteiger partial charge in [0, 0.05) is 0 Å². The molecule has 0 radical (unpaired) electrons. The highest BCUT2D eigenvalue weighted by Crippen LogP contribution is 2.65. The van der Waals surface area contributed by atoms with Crippen molar-refractivity contribution in [3.05, 3.63) is 0 Å². The number of fused-ring (bicyclic) bond motifs is 6. The first-order valence-electron chi connectivity index (χ1n) is 20.0. The van der Waals surface area contributed by atoms with Gasteiger partial charge in [-0.15, -0.1) is 0 Å². The standard InChI is InChI=1S/C43H76/c1-26(2)27-12-16-31-34(40-25-30(43(9,10)11)15-19-35(40)37(31)22-27)20-21-36-38-23-28(41(3,4)5)13-17-32(38)33-18-14-29(24-39(33)36)42(6,7)8/h26-40H,12-25H2,1-11H3. The van der Waals surface area contributed by atoms with E-state index in [9.17, 15) is 0 Å². The summed E-state index contributed by atoms with van der Waals surface area (Å²) in [5.74, 6) is 15.3. The summed E-state index contributed by atoms with van der Waals surface area (Å²) < 4.78 is 0. The normalized spacial score (nSPS) is 47.2. The Morgan fingerprint density at radius 2 is 0.744 bits per heavy atom. The third-order valence-corrected chi connectivity index (χ3v) is 16.6. The van der Waals surface area contributed by atoms with E-state index in [0.29, 0.717) is 16.2 Å². The van der Waals surface area contributed by atoms with Crippen molar-refractivity contribution in [3.8, 4) is 0 Å². The molecular weight excluding hydrogens is 516 g/mol. The predicted octanol–water partition coefficient (Wildman–Crippen LogP) is 13.0. The van der Waals surface area contributed by atoms with Crippen molar-refractivity contribution < 1.29 is 0 Å². The van der Waals surface area contributed by atoms with Crippen molar-refractivity contribution in [1.29, 1.82) is 0 Å². The van der Waals surface area contributed by atoms with Crippen LogP contribution in [0.25, 0.3) is 0 Å². The fourth-order valence-electron chi connectivity index (χ4n) is 13.9. The molecule has 0 bridgehead atoms. The molecule has 0 heteroatoms. The second-order valence-corrected chi connectivity index (χ2v) is 21.7. The molecule has 0 N–H and O–H groups in total. The molecule has 6 rings (SSSR count). The van der Waals surface area contributed by atoms with Crippen LogP contribution in [0.1, 0.15) is 166 Å². The molecule has 6 saturated carbocycles. The van der Waals surface area contributed by atoms with Crippen molar-refractivity contribution in [3.63, 3.8) is 0 Å². The summed E-state index contributed by atoms with van der Waals surface area (Å²) >= 11 is 0. The Labute approximate surface area is 270 Å². The van der Waals surface area contributed by atoms with Crippen LogP contribution < -0.4 is 0 Å². The van der Waals surface area contributed by atoms with E-state index in [2.05, 4.69) is 76.2 Å². The Bertz CT molecular complexity index is 897. The third-order valence-electron chi connectivity index (χ3n) is 16.6. The lowest BCUT2D eigenvalue weighted by atomic mass is 9.62. The van der Waals surface area contributed by atoms with Gasteiger partial charge in [-0.1, -0.05) is 76.2 Å². The fraction of sp³-hybridized carbons (Fsp3) is 1.00. The highest BCUT2D eigenvalue weighted by molar-refractivity contribution is 5.06. The van der Waals surface area contributed by atoms with Gasteiger partial charge in [0.1, 0.15) is 0 Å². The lowest BCUT2D eigenvalue weighted by Gasteiger charge is -2.43. The summed E-state index contributed by atoms with van der Waals surface area (Å²) in [5, 5.41) is 0. The van der Waals surface area contributed by atoms with Crippen LogP contribution in [-0.2, 0) is 0 Å². The highest BCUT2D eigenvalue weighted by atomic mass is 14.6.